The third kappa shape index (κ3) is 1.66. The van der Waals surface area contributed by atoms with E-state index in [4.69, 9.17) is 5.73 Å². The highest BCUT2D eigenvalue weighted by atomic mass is 32.1. The number of hydrogen-bond donors (Lipinski definition) is 1. The molecule has 0 spiro atoms. The Morgan fingerprint density at radius 3 is 2.93 bits per heavy atom. The van der Waals surface area contributed by atoms with Gasteiger partial charge in [-0.2, -0.15) is 4.37 Å². The van der Waals surface area contributed by atoms with E-state index in [1.165, 1.54) is 11.5 Å². The van der Waals surface area contributed by atoms with Crippen LogP contribution in [0.15, 0.2) is 29.9 Å². The Balaban J connectivity index is 2.37. The van der Waals surface area contributed by atoms with E-state index in [0.717, 1.165) is 16.8 Å². The summed E-state index contributed by atoms with van der Waals surface area (Å²) in [5, 5.41) is 1.94. The van der Waals surface area contributed by atoms with Gasteiger partial charge in [-0.15, -0.1) is 0 Å². The van der Waals surface area contributed by atoms with Crippen molar-refractivity contribution < 1.29 is 0 Å². The molecule has 72 valence electrons. The lowest BCUT2D eigenvalue weighted by Gasteiger charge is -2.11. The fourth-order valence-electron chi connectivity index (χ4n) is 1.37. The SMILES string of the molecule is Cc1cnccc1C(N)c1ccsn1. The minimum Gasteiger partial charge on any atom is -0.319 e. The van der Waals surface area contributed by atoms with Crippen LogP contribution in [-0.2, 0) is 0 Å². The molecule has 2 N–H and O–H groups in total. The van der Waals surface area contributed by atoms with Gasteiger partial charge in [0, 0.05) is 17.8 Å². The minimum absolute atomic E-state index is 0.135. The first-order valence-corrected chi connectivity index (χ1v) is 5.19. The molecule has 14 heavy (non-hydrogen) atoms. The molecule has 0 bridgehead atoms. The summed E-state index contributed by atoms with van der Waals surface area (Å²) in [4.78, 5) is 4.04. The van der Waals surface area contributed by atoms with Crippen LogP contribution in [-0.4, -0.2) is 9.36 Å². The number of rotatable bonds is 2. The summed E-state index contributed by atoms with van der Waals surface area (Å²) in [5.74, 6) is 0. The molecular formula is C10H11N3S. The Labute approximate surface area is 86.8 Å². The molecule has 0 aromatic carbocycles. The molecule has 2 aromatic rings. The number of nitrogens with two attached hydrogens (primary N) is 1. The average Bonchev–Trinajstić information content (AvgIpc) is 2.70. The smallest absolute Gasteiger partial charge is 0.0754 e. The summed E-state index contributed by atoms with van der Waals surface area (Å²) < 4.78 is 4.23. The monoisotopic (exact) mass is 205 g/mol. The zero-order valence-electron chi connectivity index (χ0n) is 7.84. The van der Waals surface area contributed by atoms with E-state index in [2.05, 4.69) is 9.36 Å². The highest BCUT2D eigenvalue weighted by molar-refractivity contribution is 7.03. The van der Waals surface area contributed by atoms with E-state index in [-0.39, 0.29) is 6.04 Å². The molecule has 0 saturated carbocycles. The van der Waals surface area contributed by atoms with Gasteiger partial charge in [0.25, 0.3) is 0 Å². The number of pyridine rings is 1. The Morgan fingerprint density at radius 1 is 1.43 bits per heavy atom. The first-order chi connectivity index (χ1) is 6.79. The molecule has 1 unspecified atom stereocenters. The number of aromatic nitrogens is 2. The first-order valence-electron chi connectivity index (χ1n) is 4.35. The van der Waals surface area contributed by atoms with E-state index in [0.29, 0.717) is 0 Å². The third-order valence-electron chi connectivity index (χ3n) is 2.18. The van der Waals surface area contributed by atoms with E-state index in [1.807, 2.05) is 30.6 Å². The zero-order valence-corrected chi connectivity index (χ0v) is 8.66. The van der Waals surface area contributed by atoms with Crippen molar-refractivity contribution in [2.75, 3.05) is 0 Å². The van der Waals surface area contributed by atoms with Crippen LogP contribution in [0.4, 0.5) is 0 Å². The highest BCUT2D eigenvalue weighted by Crippen LogP contribution is 2.20. The van der Waals surface area contributed by atoms with Crippen LogP contribution >= 0.6 is 11.5 Å². The van der Waals surface area contributed by atoms with Gasteiger partial charge in [0.05, 0.1) is 11.7 Å². The van der Waals surface area contributed by atoms with Gasteiger partial charge in [0.2, 0.25) is 0 Å². The number of nitrogens with zero attached hydrogens (tertiary/aromatic N) is 2. The molecule has 0 radical (unpaired) electrons. The van der Waals surface area contributed by atoms with Crippen LogP contribution in [0.1, 0.15) is 22.9 Å². The normalized spacial score (nSPS) is 12.7. The standard InChI is InChI=1S/C10H11N3S/c1-7-6-12-4-2-8(7)10(11)9-3-5-14-13-9/h2-6,10H,11H2,1H3. The molecule has 0 saturated heterocycles. The Hall–Kier alpha value is -1.26. The number of aryl methyl sites for hydroxylation is 1. The van der Waals surface area contributed by atoms with Crippen LogP contribution in [0, 0.1) is 6.92 Å². The topological polar surface area (TPSA) is 51.8 Å². The molecule has 0 aliphatic heterocycles. The summed E-state index contributed by atoms with van der Waals surface area (Å²) in [6, 6.07) is 3.76. The quantitative estimate of drug-likeness (QED) is 0.814. The Morgan fingerprint density at radius 2 is 2.29 bits per heavy atom. The fraction of sp³-hybridized carbons (Fsp3) is 0.200. The molecule has 0 amide bonds. The van der Waals surface area contributed by atoms with Crippen LogP contribution in [0.25, 0.3) is 0 Å². The van der Waals surface area contributed by atoms with E-state index >= 15 is 0 Å². The molecule has 2 aromatic heterocycles. The second-order valence-corrected chi connectivity index (χ2v) is 3.80. The molecular weight excluding hydrogens is 194 g/mol. The summed E-state index contributed by atoms with van der Waals surface area (Å²) in [6.07, 6.45) is 3.58. The van der Waals surface area contributed by atoms with Crippen LogP contribution < -0.4 is 5.73 Å². The maximum Gasteiger partial charge on any atom is 0.0754 e. The molecule has 2 heterocycles. The second-order valence-electron chi connectivity index (χ2n) is 3.13. The number of hydrogen-bond acceptors (Lipinski definition) is 4. The predicted octanol–water partition coefficient (Wildman–Crippen LogP) is 1.89. The maximum absolute atomic E-state index is 6.08. The van der Waals surface area contributed by atoms with Crippen molar-refractivity contribution in [1.82, 2.24) is 9.36 Å². The lowest BCUT2D eigenvalue weighted by atomic mass is 10.0. The van der Waals surface area contributed by atoms with Crippen LogP contribution in [0.2, 0.25) is 0 Å². The third-order valence-corrected chi connectivity index (χ3v) is 2.75. The fourth-order valence-corrected chi connectivity index (χ4v) is 1.93. The largest absolute Gasteiger partial charge is 0.319 e. The van der Waals surface area contributed by atoms with Crippen LogP contribution in [0.3, 0.4) is 0 Å². The van der Waals surface area contributed by atoms with Gasteiger partial charge in [-0.05, 0) is 41.7 Å². The Bertz CT molecular complexity index is 411. The molecule has 4 heteroatoms. The van der Waals surface area contributed by atoms with Gasteiger partial charge < -0.3 is 5.73 Å². The maximum atomic E-state index is 6.08. The van der Waals surface area contributed by atoms with Gasteiger partial charge in [0.15, 0.2) is 0 Å². The lowest BCUT2D eigenvalue weighted by molar-refractivity contribution is 0.834. The van der Waals surface area contributed by atoms with Crippen molar-refractivity contribution in [2.45, 2.75) is 13.0 Å². The van der Waals surface area contributed by atoms with Crippen molar-refractivity contribution in [2.24, 2.45) is 5.73 Å². The summed E-state index contributed by atoms with van der Waals surface area (Å²) >= 11 is 1.42. The summed E-state index contributed by atoms with van der Waals surface area (Å²) in [6.45, 7) is 2.01. The van der Waals surface area contributed by atoms with Gasteiger partial charge in [0.1, 0.15) is 0 Å². The molecule has 0 aliphatic carbocycles. The highest BCUT2D eigenvalue weighted by Gasteiger charge is 2.12. The molecule has 3 nitrogen and oxygen atoms in total. The molecule has 0 fully saturated rings. The van der Waals surface area contributed by atoms with Crippen molar-refractivity contribution in [3.05, 3.63) is 46.7 Å². The minimum atomic E-state index is -0.135. The summed E-state index contributed by atoms with van der Waals surface area (Å²) in [7, 11) is 0. The van der Waals surface area contributed by atoms with Crippen molar-refractivity contribution in [3.8, 4) is 0 Å². The van der Waals surface area contributed by atoms with Crippen LogP contribution in [0.5, 0.6) is 0 Å². The summed E-state index contributed by atoms with van der Waals surface area (Å²) in [5.41, 5.74) is 9.19. The van der Waals surface area contributed by atoms with Gasteiger partial charge in [-0.25, -0.2) is 0 Å². The van der Waals surface area contributed by atoms with Crippen molar-refractivity contribution >= 4 is 11.5 Å². The predicted molar refractivity (Wildman–Crippen MR) is 57.1 cm³/mol. The second kappa shape index (κ2) is 3.86. The first kappa shape index (κ1) is 9.30. The molecule has 0 aliphatic rings. The van der Waals surface area contributed by atoms with Gasteiger partial charge >= 0.3 is 0 Å². The average molecular weight is 205 g/mol. The zero-order chi connectivity index (χ0) is 9.97. The van der Waals surface area contributed by atoms with Gasteiger partial charge in [-0.3, -0.25) is 4.98 Å². The van der Waals surface area contributed by atoms with Crippen molar-refractivity contribution in [3.63, 3.8) is 0 Å². The van der Waals surface area contributed by atoms with Gasteiger partial charge in [-0.1, -0.05) is 0 Å². The van der Waals surface area contributed by atoms with E-state index in [9.17, 15) is 0 Å². The lowest BCUT2D eigenvalue weighted by Crippen LogP contribution is -2.13. The van der Waals surface area contributed by atoms with E-state index in [1.54, 1.807) is 6.20 Å². The molecule has 2 rings (SSSR count). The van der Waals surface area contributed by atoms with Crippen molar-refractivity contribution in [1.29, 1.82) is 0 Å². The molecule has 1 atom stereocenters. The van der Waals surface area contributed by atoms with E-state index < -0.39 is 0 Å². The Kier molecular flexibility index (Phi) is 2.56.